The largest absolute Gasteiger partial charge is 0.392 e. The first-order valence-electron chi connectivity index (χ1n) is 8.44. The smallest absolute Gasteiger partial charge is 0.241 e. The SMILES string of the molecule is CCC(O)C1CCCCN1CC(=O)N(CC)c1ccccc1. The summed E-state index contributed by atoms with van der Waals surface area (Å²) < 4.78 is 0. The fraction of sp³-hybridized carbons (Fsp3) is 0.611. The Bertz CT molecular complexity index is 463. The number of para-hydroxylation sites is 1. The molecule has 1 aromatic carbocycles. The number of hydrogen-bond donors (Lipinski definition) is 1. The van der Waals surface area contributed by atoms with E-state index >= 15 is 0 Å². The van der Waals surface area contributed by atoms with Crippen molar-refractivity contribution in [2.45, 2.75) is 51.7 Å². The van der Waals surface area contributed by atoms with Gasteiger partial charge in [0.05, 0.1) is 12.6 Å². The molecule has 1 aromatic rings. The van der Waals surface area contributed by atoms with Crippen LogP contribution in [0.2, 0.25) is 0 Å². The minimum absolute atomic E-state index is 0.115. The van der Waals surface area contributed by atoms with Crippen LogP contribution in [0.4, 0.5) is 5.69 Å². The highest BCUT2D eigenvalue weighted by atomic mass is 16.3. The van der Waals surface area contributed by atoms with Crippen LogP contribution < -0.4 is 4.90 Å². The van der Waals surface area contributed by atoms with Gasteiger partial charge in [0.1, 0.15) is 0 Å². The molecule has 2 rings (SSSR count). The molecule has 4 heteroatoms. The molecular weight excluding hydrogens is 276 g/mol. The molecule has 1 aliphatic heterocycles. The first-order chi connectivity index (χ1) is 10.7. The quantitative estimate of drug-likeness (QED) is 0.879. The lowest BCUT2D eigenvalue weighted by Crippen LogP contribution is -2.51. The van der Waals surface area contributed by atoms with Crippen LogP contribution >= 0.6 is 0 Å². The number of anilines is 1. The van der Waals surface area contributed by atoms with Crippen LogP contribution in [0.15, 0.2) is 30.3 Å². The summed E-state index contributed by atoms with van der Waals surface area (Å²) in [5.74, 6) is 0.115. The predicted molar refractivity (Wildman–Crippen MR) is 90.0 cm³/mol. The predicted octanol–water partition coefficient (Wildman–Crippen LogP) is 2.66. The summed E-state index contributed by atoms with van der Waals surface area (Å²) in [4.78, 5) is 16.7. The van der Waals surface area contributed by atoms with E-state index in [4.69, 9.17) is 0 Å². The van der Waals surface area contributed by atoms with Crippen LogP contribution in [0.1, 0.15) is 39.5 Å². The van der Waals surface area contributed by atoms with Crippen molar-refractivity contribution in [2.24, 2.45) is 0 Å². The summed E-state index contributed by atoms with van der Waals surface area (Å²) in [6.45, 7) is 5.96. The summed E-state index contributed by atoms with van der Waals surface area (Å²) >= 11 is 0. The van der Waals surface area contributed by atoms with E-state index in [1.54, 1.807) is 0 Å². The van der Waals surface area contributed by atoms with Gasteiger partial charge in [0.25, 0.3) is 0 Å². The van der Waals surface area contributed by atoms with Crippen molar-refractivity contribution in [3.05, 3.63) is 30.3 Å². The van der Waals surface area contributed by atoms with Crippen molar-refractivity contribution in [1.82, 2.24) is 4.90 Å². The van der Waals surface area contributed by atoms with Crippen molar-refractivity contribution >= 4 is 11.6 Å². The number of aliphatic hydroxyl groups is 1. The molecule has 0 aromatic heterocycles. The lowest BCUT2D eigenvalue weighted by molar-refractivity contribution is -0.121. The molecule has 0 spiro atoms. The number of likely N-dealkylation sites (N-methyl/N-ethyl adjacent to an activating group) is 1. The van der Waals surface area contributed by atoms with E-state index in [2.05, 4.69) is 4.90 Å². The molecule has 2 atom stereocenters. The van der Waals surface area contributed by atoms with E-state index in [0.29, 0.717) is 13.1 Å². The third-order valence-electron chi connectivity index (χ3n) is 4.55. The molecule has 1 amide bonds. The molecule has 1 heterocycles. The summed E-state index contributed by atoms with van der Waals surface area (Å²) in [6, 6.07) is 9.93. The first kappa shape index (κ1) is 17.0. The number of likely N-dealkylation sites (tertiary alicyclic amines) is 1. The van der Waals surface area contributed by atoms with Gasteiger partial charge in [-0.15, -0.1) is 0 Å². The van der Waals surface area contributed by atoms with E-state index in [1.165, 1.54) is 0 Å². The van der Waals surface area contributed by atoms with Gasteiger partial charge in [0.2, 0.25) is 5.91 Å². The second kappa shape index (κ2) is 8.30. The number of nitrogens with zero attached hydrogens (tertiary/aromatic N) is 2. The molecule has 1 fully saturated rings. The maximum atomic E-state index is 12.7. The number of hydrogen-bond acceptors (Lipinski definition) is 3. The molecule has 0 saturated carbocycles. The highest BCUT2D eigenvalue weighted by Gasteiger charge is 2.30. The minimum atomic E-state index is -0.333. The van der Waals surface area contributed by atoms with E-state index in [9.17, 15) is 9.90 Å². The average Bonchev–Trinajstić information content (AvgIpc) is 2.56. The molecule has 0 radical (unpaired) electrons. The highest BCUT2D eigenvalue weighted by molar-refractivity contribution is 5.94. The highest BCUT2D eigenvalue weighted by Crippen LogP contribution is 2.22. The zero-order valence-electron chi connectivity index (χ0n) is 13.7. The van der Waals surface area contributed by atoms with Gasteiger partial charge in [-0.2, -0.15) is 0 Å². The Morgan fingerprint density at radius 1 is 1.32 bits per heavy atom. The second-order valence-corrected chi connectivity index (χ2v) is 5.98. The Kier molecular flexibility index (Phi) is 6.40. The third-order valence-corrected chi connectivity index (χ3v) is 4.55. The lowest BCUT2D eigenvalue weighted by Gasteiger charge is -2.38. The van der Waals surface area contributed by atoms with Gasteiger partial charge < -0.3 is 10.0 Å². The molecule has 1 saturated heterocycles. The molecule has 4 nitrogen and oxygen atoms in total. The summed E-state index contributed by atoms with van der Waals surface area (Å²) in [5, 5.41) is 10.2. The number of carbonyl (C=O) groups is 1. The summed E-state index contributed by atoms with van der Waals surface area (Å²) in [7, 11) is 0. The van der Waals surface area contributed by atoms with Crippen LogP contribution in [-0.2, 0) is 4.79 Å². The molecule has 122 valence electrons. The van der Waals surface area contributed by atoms with Crippen LogP contribution in [0.25, 0.3) is 0 Å². The van der Waals surface area contributed by atoms with E-state index < -0.39 is 0 Å². The number of rotatable bonds is 6. The zero-order valence-corrected chi connectivity index (χ0v) is 13.7. The number of amides is 1. The number of carbonyl (C=O) groups excluding carboxylic acids is 1. The van der Waals surface area contributed by atoms with E-state index in [0.717, 1.165) is 37.9 Å². The summed E-state index contributed by atoms with van der Waals surface area (Å²) in [6.07, 6.45) is 3.64. The first-order valence-corrected chi connectivity index (χ1v) is 8.44. The zero-order chi connectivity index (χ0) is 15.9. The van der Waals surface area contributed by atoms with Crippen LogP contribution in [0.3, 0.4) is 0 Å². The van der Waals surface area contributed by atoms with Crippen LogP contribution in [0.5, 0.6) is 0 Å². The van der Waals surface area contributed by atoms with Gasteiger partial charge in [0.15, 0.2) is 0 Å². The van der Waals surface area contributed by atoms with Crippen molar-refractivity contribution in [3.8, 4) is 0 Å². The van der Waals surface area contributed by atoms with E-state index in [-0.39, 0.29) is 18.1 Å². The third kappa shape index (κ3) is 4.08. The van der Waals surface area contributed by atoms with E-state index in [1.807, 2.05) is 49.1 Å². The van der Waals surface area contributed by atoms with Gasteiger partial charge in [0, 0.05) is 18.3 Å². The lowest BCUT2D eigenvalue weighted by atomic mass is 9.96. The van der Waals surface area contributed by atoms with Crippen molar-refractivity contribution in [2.75, 3.05) is 24.5 Å². The molecule has 1 aliphatic rings. The maximum Gasteiger partial charge on any atom is 0.241 e. The molecule has 0 bridgehead atoms. The normalized spacial score (nSPS) is 20.6. The van der Waals surface area contributed by atoms with Gasteiger partial charge in [-0.1, -0.05) is 31.5 Å². The van der Waals surface area contributed by atoms with Crippen molar-refractivity contribution in [1.29, 1.82) is 0 Å². The molecule has 1 N–H and O–H groups in total. The Morgan fingerprint density at radius 2 is 2.05 bits per heavy atom. The van der Waals surface area contributed by atoms with Crippen LogP contribution in [0, 0.1) is 0 Å². The molecule has 22 heavy (non-hydrogen) atoms. The number of aliphatic hydroxyl groups excluding tert-OH is 1. The standard InChI is InChI=1S/C18H28N2O2/c1-3-17(21)16-12-8-9-13-19(16)14-18(22)20(4-2)15-10-6-5-7-11-15/h5-7,10-11,16-17,21H,3-4,8-9,12-14H2,1-2H3. The Hall–Kier alpha value is -1.39. The Labute approximate surface area is 133 Å². The molecule has 0 aliphatic carbocycles. The second-order valence-electron chi connectivity index (χ2n) is 5.98. The van der Waals surface area contributed by atoms with Gasteiger partial charge in [-0.3, -0.25) is 9.69 Å². The topological polar surface area (TPSA) is 43.8 Å². The van der Waals surface area contributed by atoms with Crippen molar-refractivity contribution in [3.63, 3.8) is 0 Å². The fourth-order valence-electron chi connectivity index (χ4n) is 3.29. The monoisotopic (exact) mass is 304 g/mol. The Morgan fingerprint density at radius 3 is 2.68 bits per heavy atom. The number of benzene rings is 1. The molecule has 2 unspecified atom stereocenters. The number of piperidine rings is 1. The maximum absolute atomic E-state index is 12.7. The van der Waals surface area contributed by atoms with Gasteiger partial charge >= 0.3 is 0 Å². The minimum Gasteiger partial charge on any atom is -0.392 e. The average molecular weight is 304 g/mol. The van der Waals surface area contributed by atoms with Crippen LogP contribution in [-0.4, -0.2) is 47.7 Å². The fourth-order valence-corrected chi connectivity index (χ4v) is 3.29. The van der Waals surface area contributed by atoms with Gasteiger partial charge in [-0.05, 0) is 44.9 Å². The Balaban J connectivity index is 2.05. The molecular formula is C18H28N2O2. The summed E-state index contributed by atoms with van der Waals surface area (Å²) in [5.41, 5.74) is 0.944. The van der Waals surface area contributed by atoms with Gasteiger partial charge in [-0.25, -0.2) is 0 Å². The van der Waals surface area contributed by atoms with Crippen molar-refractivity contribution < 1.29 is 9.90 Å².